The van der Waals surface area contributed by atoms with Crippen LogP contribution in [-0.4, -0.2) is 42.7 Å². The summed E-state index contributed by atoms with van der Waals surface area (Å²) in [5.74, 6) is 0. The van der Waals surface area contributed by atoms with Gasteiger partial charge in [-0.25, -0.2) is 8.78 Å². The number of aliphatic hydroxyl groups excluding tert-OH is 1. The largest absolute Gasteiger partial charge is 0.395 e. The first-order chi connectivity index (χ1) is 9.70. The minimum absolute atomic E-state index is 0.0372. The van der Waals surface area contributed by atoms with Gasteiger partial charge in [-0.15, -0.1) is 0 Å². The quantitative estimate of drug-likeness (QED) is 0.450. The van der Waals surface area contributed by atoms with Crippen molar-refractivity contribution < 1.29 is 13.9 Å². The van der Waals surface area contributed by atoms with Crippen LogP contribution in [-0.2, 0) is 0 Å². The van der Waals surface area contributed by atoms with Gasteiger partial charge in [0.15, 0.2) is 0 Å². The van der Waals surface area contributed by atoms with Crippen LogP contribution in [0.5, 0.6) is 0 Å². The van der Waals surface area contributed by atoms with Crippen molar-refractivity contribution in [3.8, 4) is 0 Å². The third-order valence-electron chi connectivity index (χ3n) is 3.64. The minimum atomic E-state index is -2.30. The minimum Gasteiger partial charge on any atom is -0.395 e. The average Bonchev–Trinajstić information content (AvgIpc) is 2.40. The number of alkyl halides is 2. The Morgan fingerprint density at radius 3 is 1.75 bits per heavy atom. The molecule has 0 aromatic carbocycles. The Balaban J connectivity index is 3.31. The van der Waals surface area contributed by atoms with Crippen molar-refractivity contribution >= 4 is 0 Å². The smallest absolute Gasteiger partial charge is 0.251 e. The van der Waals surface area contributed by atoms with Crippen LogP contribution in [0.2, 0.25) is 0 Å². The van der Waals surface area contributed by atoms with Crippen molar-refractivity contribution in [2.75, 3.05) is 26.2 Å². The summed E-state index contributed by atoms with van der Waals surface area (Å²) < 4.78 is 24.6. The first kappa shape index (κ1) is 19.8. The molecule has 20 heavy (non-hydrogen) atoms. The number of halogens is 2. The normalized spacial score (nSPS) is 11.7. The van der Waals surface area contributed by atoms with E-state index in [9.17, 15) is 8.78 Å². The Hall–Kier alpha value is -0.220. The van der Waals surface area contributed by atoms with Crippen molar-refractivity contribution in [2.24, 2.45) is 0 Å². The Bertz CT molecular complexity index is 191. The molecule has 0 atom stereocenters. The zero-order valence-corrected chi connectivity index (χ0v) is 13.1. The third kappa shape index (κ3) is 14.2. The molecule has 2 nitrogen and oxygen atoms in total. The highest BCUT2D eigenvalue weighted by atomic mass is 19.3. The molecular formula is C16H33F2NO. The molecule has 0 radical (unpaired) electrons. The summed E-state index contributed by atoms with van der Waals surface area (Å²) >= 11 is 0. The van der Waals surface area contributed by atoms with Crippen LogP contribution in [0.1, 0.15) is 71.1 Å². The zero-order valence-electron chi connectivity index (χ0n) is 13.1. The second kappa shape index (κ2) is 15.2. The van der Waals surface area contributed by atoms with E-state index in [-0.39, 0.29) is 13.2 Å². The Morgan fingerprint density at radius 1 is 0.800 bits per heavy atom. The van der Waals surface area contributed by atoms with E-state index in [4.69, 9.17) is 5.11 Å². The predicted molar refractivity (Wildman–Crippen MR) is 81.4 cm³/mol. The van der Waals surface area contributed by atoms with Gasteiger partial charge in [0.05, 0.1) is 13.2 Å². The van der Waals surface area contributed by atoms with Gasteiger partial charge in [-0.3, -0.25) is 4.90 Å². The van der Waals surface area contributed by atoms with E-state index in [0.717, 1.165) is 12.8 Å². The van der Waals surface area contributed by atoms with Gasteiger partial charge in [-0.1, -0.05) is 64.7 Å². The Morgan fingerprint density at radius 2 is 1.30 bits per heavy atom. The van der Waals surface area contributed by atoms with Gasteiger partial charge in [0.25, 0.3) is 6.43 Å². The maximum Gasteiger partial charge on any atom is 0.251 e. The van der Waals surface area contributed by atoms with Crippen LogP contribution in [0.3, 0.4) is 0 Å². The van der Waals surface area contributed by atoms with Gasteiger partial charge in [0.1, 0.15) is 0 Å². The molecule has 0 unspecified atom stereocenters. The fraction of sp³-hybridized carbons (Fsp3) is 1.00. The second-order valence-corrected chi connectivity index (χ2v) is 5.60. The fourth-order valence-corrected chi connectivity index (χ4v) is 2.45. The van der Waals surface area contributed by atoms with Gasteiger partial charge in [-0.05, 0) is 13.0 Å². The molecule has 0 aromatic heterocycles. The van der Waals surface area contributed by atoms with Crippen molar-refractivity contribution in [1.82, 2.24) is 4.90 Å². The van der Waals surface area contributed by atoms with E-state index in [1.807, 2.05) is 0 Å². The van der Waals surface area contributed by atoms with Crippen LogP contribution in [0, 0.1) is 0 Å². The van der Waals surface area contributed by atoms with Gasteiger partial charge >= 0.3 is 0 Å². The highest BCUT2D eigenvalue weighted by Gasteiger charge is 2.10. The lowest BCUT2D eigenvalue weighted by molar-refractivity contribution is 0.0774. The first-order valence-electron chi connectivity index (χ1n) is 8.32. The maximum atomic E-state index is 12.3. The number of hydrogen-bond donors (Lipinski definition) is 1. The standard InChI is InChI=1S/C16H33F2NO/c1-2-3-4-5-6-7-8-9-10-11-12-19(13-14-20)15-16(17)18/h16,20H,2-15H2,1H3. The molecule has 0 aliphatic heterocycles. The van der Waals surface area contributed by atoms with Crippen molar-refractivity contribution in [3.05, 3.63) is 0 Å². The van der Waals surface area contributed by atoms with Crippen LogP contribution in [0.4, 0.5) is 8.78 Å². The van der Waals surface area contributed by atoms with E-state index in [1.165, 1.54) is 51.4 Å². The molecule has 0 heterocycles. The van der Waals surface area contributed by atoms with E-state index in [2.05, 4.69) is 6.92 Å². The number of aliphatic hydroxyl groups is 1. The predicted octanol–water partition coefficient (Wildman–Crippen LogP) is 4.47. The zero-order chi connectivity index (χ0) is 15.1. The topological polar surface area (TPSA) is 23.5 Å². The van der Waals surface area contributed by atoms with Crippen molar-refractivity contribution in [3.63, 3.8) is 0 Å². The summed E-state index contributed by atoms with van der Waals surface area (Å²) in [5, 5.41) is 8.82. The molecule has 0 bridgehead atoms. The fourth-order valence-electron chi connectivity index (χ4n) is 2.45. The lowest BCUT2D eigenvalue weighted by Gasteiger charge is -2.20. The summed E-state index contributed by atoms with van der Waals surface area (Å²) in [7, 11) is 0. The molecule has 0 aliphatic carbocycles. The van der Waals surface area contributed by atoms with E-state index in [1.54, 1.807) is 4.90 Å². The summed E-state index contributed by atoms with van der Waals surface area (Å²) in [6.07, 6.45) is 10.2. The second-order valence-electron chi connectivity index (χ2n) is 5.60. The van der Waals surface area contributed by atoms with Crippen LogP contribution < -0.4 is 0 Å². The SMILES string of the molecule is CCCCCCCCCCCCN(CCO)CC(F)F. The van der Waals surface area contributed by atoms with Crippen LogP contribution in [0.25, 0.3) is 0 Å². The van der Waals surface area contributed by atoms with E-state index >= 15 is 0 Å². The molecule has 4 heteroatoms. The van der Waals surface area contributed by atoms with Gasteiger partial charge < -0.3 is 5.11 Å². The lowest BCUT2D eigenvalue weighted by Crippen LogP contribution is -2.32. The number of nitrogens with zero attached hydrogens (tertiary/aromatic N) is 1. The molecule has 0 fully saturated rings. The molecule has 0 aliphatic rings. The molecule has 0 saturated carbocycles. The molecule has 1 N–H and O–H groups in total. The monoisotopic (exact) mass is 293 g/mol. The number of unbranched alkanes of at least 4 members (excludes halogenated alkanes) is 9. The highest BCUT2D eigenvalue weighted by Crippen LogP contribution is 2.11. The summed E-state index contributed by atoms with van der Waals surface area (Å²) in [4.78, 5) is 1.66. The number of hydrogen-bond acceptors (Lipinski definition) is 2. The van der Waals surface area contributed by atoms with E-state index in [0.29, 0.717) is 13.1 Å². The molecule has 0 aromatic rings. The van der Waals surface area contributed by atoms with Gasteiger partial charge in [0, 0.05) is 6.54 Å². The summed E-state index contributed by atoms with van der Waals surface area (Å²) in [5.41, 5.74) is 0. The van der Waals surface area contributed by atoms with E-state index < -0.39 is 6.43 Å². The number of rotatable bonds is 15. The van der Waals surface area contributed by atoms with Crippen LogP contribution >= 0.6 is 0 Å². The molecule has 0 saturated heterocycles. The summed E-state index contributed by atoms with van der Waals surface area (Å²) in [6.45, 7) is 3.03. The van der Waals surface area contributed by atoms with Crippen LogP contribution in [0.15, 0.2) is 0 Å². The molecule has 0 amide bonds. The molecule has 0 rings (SSSR count). The lowest BCUT2D eigenvalue weighted by atomic mass is 10.1. The molecular weight excluding hydrogens is 260 g/mol. The Labute approximate surface area is 123 Å². The highest BCUT2D eigenvalue weighted by molar-refractivity contribution is 4.59. The summed E-state index contributed by atoms with van der Waals surface area (Å²) in [6, 6.07) is 0. The van der Waals surface area contributed by atoms with Crippen molar-refractivity contribution in [2.45, 2.75) is 77.6 Å². The van der Waals surface area contributed by atoms with Gasteiger partial charge in [0.2, 0.25) is 0 Å². The molecule has 122 valence electrons. The van der Waals surface area contributed by atoms with Crippen molar-refractivity contribution in [1.29, 1.82) is 0 Å². The molecule has 0 spiro atoms. The maximum absolute atomic E-state index is 12.3. The third-order valence-corrected chi connectivity index (χ3v) is 3.64. The Kier molecular flexibility index (Phi) is 15.0. The van der Waals surface area contributed by atoms with Gasteiger partial charge in [-0.2, -0.15) is 0 Å². The first-order valence-corrected chi connectivity index (χ1v) is 8.32. The average molecular weight is 293 g/mol.